The van der Waals surface area contributed by atoms with Crippen LogP contribution in [0.15, 0.2) is 78.9 Å². The fourth-order valence-corrected chi connectivity index (χ4v) is 2.37. The molecule has 1 atom stereocenters. The van der Waals surface area contributed by atoms with Gasteiger partial charge in [0.1, 0.15) is 29.0 Å². The second-order valence-electron chi connectivity index (χ2n) is 5.78. The van der Waals surface area contributed by atoms with Gasteiger partial charge in [0.25, 0.3) is 0 Å². The number of nitrogens with two attached hydrogens (primary N) is 1. The highest BCUT2D eigenvalue weighted by atomic mass is 16.5. The van der Waals surface area contributed by atoms with E-state index in [1.165, 1.54) is 0 Å². The van der Waals surface area contributed by atoms with E-state index in [9.17, 15) is 4.79 Å². The summed E-state index contributed by atoms with van der Waals surface area (Å²) in [6.45, 7) is 0. The molecular formula is C21H19NO4. The summed E-state index contributed by atoms with van der Waals surface area (Å²) in [7, 11) is 0. The van der Waals surface area contributed by atoms with Crippen LogP contribution < -0.4 is 15.2 Å². The first kappa shape index (κ1) is 17.5. The molecule has 0 unspecified atom stereocenters. The van der Waals surface area contributed by atoms with E-state index >= 15 is 0 Å². The average Bonchev–Trinajstić information content (AvgIpc) is 2.66. The highest BCUT2D eigenvalue weighted by Crippen LogP contribution is 2.26. The average molecular weight is 349 g/mol. The summed E-state index contributed by atoms with van der Waals surface area (Å²) in [5.41, 5.74) is 6.38. The molecule has 0 aliphatic carbocycles. The first-order valence-electron chi connectivity index (χ1n) is 8.18. The highest BCUT2D eigenvalue weighted by molar-refractivity contribution is 5.73. The van der Waals surface area contributed by atoms with Crippen LogP contribution in [0.4, 0.5) is 0 Å². The molecule has 0 aliphatic heterocycles. The molecule has 0 heterocycles. The van der Waals surface area contributed by atoms with E-state index in [0.717, 1.165) is 17.1 Å². The molecule has 0 aromatic heterocycles. The van der Waals surface area contributed by atoms with Crippen molar-refractivity contribution in [2.24, 2.45) is 5.73 Å². The molecule has 0 radical (unpaired) electrons. The van der Waals surface area contributed by atoms with Crippen LogP contribution in [0.5, 0.6) is 23.0 Å². The third-order valence-corrected chi connectivity index (χ3v) is 3.73. The first-order valence-corrected chi connectivity index (χ1v) is 8.18. The third kappa shape index (κ3) is 4.84. The summed E-state index contributed by atoms with van der Waals surface area (Å²) in [6.07, 6.45) is 0.279. The number of carboxylic acids is 1. The Hall–Kier alpha value is -3.31. The van der Waals surface area contributed by atoms with E-state index in [2.05, 4.69) is 0 Å². The molecule has 5 heteroatoms. The van der Waals surface area contributed by atoms with Gasteiger partial charge in [-0.3, -0.25) is 4.79 Å². The standard InChI is InChI=1S/C21H19NO4/c22-20(21(23)24)14-15-6-8-17(9-7-15)26-19-12-10-18(11-13-19)25-16-4-2-1-3-5-16/h1-13,20H,14,22H2,(H,23,24)/t20-/m0/s1. The van der Waals surface area contributed by atoms with E-state index < -0.39 is 12.0 Å². The Labute approximate surface area is 151 Å². The van der Waals surface area contributed by atoms with Gasteiger partial charge in [0.15, 0.2) is 0 Å². The molecule has 5 nitrogen and oxygen atoms in total. The van der Waals surface area contributed by atoms with E-state index in [1.807, 2.05) is 66.7 Å². The van der Waals surface area contributed by atoms with Gasteiger partial charge in [0, 0.05) is 0 Å². The molecule has 0 saturated heterocycles. The predicted octanol–water partition coefficient (Wildman–Crippen LogP) is 4.23. The number of aliphatic carboxylic acids is 1. The molecule has 132 valence electrons. The largest absolute Gasteiger partial charge is 0.480 e. The maximum atomic E-state index is 10.8. The smallest absolute Gasteiger partial charge is 0.320 e. The Balaban J connectivity index is 1.59. The Morgan fingerprint density at radius 2 is 1.19 bits per heavy atom. The van der Waals surface area contributed by atoms with Gasteiger partial charge in [0.2, 0.25) is 0 Å². The number of para-hydroxylation sites is 1. The molecule has 0 aliphatic rings. The van der Waals surface area contributed by atoms with Crippen LogP contribution in [0.25, 0.3) is 0 Å². The predicted molar refractivity (Wildman–Crippen MR) is 98.8 cm³/mol. The number of ether oxygens (including phenoxy) is 2. The zero-order valence-electron chi connectivity index (χ0n) is 14.0. The van der Waals surface area contributed by atoms with Crippen LogP contribution in [-0.2, 0) is 11.2 Å². The van der Waals surface area contributed by atoms with Crippen LogP contribution >= 0.6 is 0 Å². The maximum Gasteiger partial charge on any atom is 0.320 e. The lowest BCUT2D eigenvalue weighted by Gasteiger charge is -2.10. The van der Waals surface area contributed by atoms with Crippen LogP contribution in [0.1, 0.15) is 5.56 Å². The molecule has 0 bridgehead atoms. The van der Waals surface area contributed by atoms with Crippen LogP contribution in [0, 0.1) is 0 Å². The lowest BCUT2D eigenvalue weighted by Crippen LogP contribution is -2.32. The lowest BCUT2D eigenvalue weighted by atomic mass is 10.1. The van der Waals surface area contributed by atoms with Gasteiger partial charge in [-0.05, 0) is 60.5 Å². The van der Waals surface area contributed by atoms with Crippen molar-refractivity contribution in [3.63, 3.8) is 0 Å². The number of benzene rings is 3. The lowest BCUT2D eigenvalue weighted by molar-refractivity contribution is -0.138. The SMILES string of the molecule is N[C@@H](Cc1ccc(Oc2ccc(Oc3ccccc3)cc2)cc1)C(=O)O. The number of carbonyl (C=O) groups is 1. The highest BCUT2D eigenvalue weighted by Gasteiger charge is 2.11. The van der Waals surface area contributed by atoms with Crippen molar-refractivity contribution in [1.82, 2.24) is 0 Å². The number of carboxylic acid groups (broad SMARTS) is 1. The number of hydrogen-bond donors (Lipinski definition) is 2. The Kier molecular flexibility index (Phi) is 5.51. The molecule has 0 amide bonds. The first-order chi connectivity index (χ1) is 12.6. The number of hydrogen-bond acceptors (Lipinski definition) is 4. The van der Waals surface area contributed by atoms with Gasteiger partial charge in [-0.2, -0.15) is 0 Å². The van der Waals surface area contributed by atoms with Crippen molar-refractivity contribution in [3.05, 3.63) is 84.4 Å². The summed E-state index contributed by atoms with van der Waals surface area (Å²) < 4.78 is 11.5. The van der Waals surface area contributed by atoms with E-state index in [-0.39, 0.29) is 6.42 Å². The van der Waals surface area contributed by atoms with E-state index in [4.69, 9.17) is 20.3 Å². The summed E-state index contributed by atoms with van der Waals surface area (Å²) in [6, 6.07) is 23.2. The van der Waals surface area contributed by atoms with Crippen molar-refractivity contribution in [2.75, 3.05) is 0 Å². The summed E-state index contributed by atoms with van der Waals surface area (Å²) >= 11 is 0. The minimum atomic E-state index is -1.01. The Morgan fingerprint density at radius 1 is 0.769 bits per heavy atom. The van der Waals surface area contributed by atoms with Crippen molar-refractivity contribution in [2.45, 2.75) is 12.5 Å². The van der Waals surface area contributed by atoms with Crippen molar-refractivity contribution < 1.29 is 19.4 Å². The fourth-order valence-electron chi connectivity index (χ4n) is 2.37. The minimum absolute atomic E-state index is 0.279. The molecular weight excluding hydrogens is 330 g/mol. The van der Waals surface area contributed by atoms with E-state index in [0.29, 0.717) is 11.5 Å². The molecule has 0 saturated carbocycles. The van der Waals surface area contributed by atoms with Gasteiger partial charge in [-0.25, -0.2) is 0 Å². The van der Waals surface area contributed by atoms with Gasteiger partial charge in [-0.15, -0.1) is 0 Å². The Morgan fingerprint density at radius 3 is 1.65 bits per heavy atom. The molecule has 0 fully saturated rings. The molecule has 26 heavy (non-hydrogen) atoms. The molecule has 3 rings (SSSR count). The van der Waals surface area contributed by atoms with Gasteiger partial charge < -0.3 is 20.3 Å². The zero-order valence-corrected chi connectivity index (χ0v) is 14.0. The normalized spacial score (nSPS) is 11.6. The van der Waals surface area contributed by atoms with E-state index in [1.54, 1.807) is 12.1 Å². The summed E-state index contributed by atoms with van der Waals surface area (Å²) in [5, 5.41) is 8.85. The van der Waals surface area contributed by atoms with Crippen LogP contribution in [-0.4, -0.2) is 17.1 Å². The zero-order chi connectivity index (χ0) is 18.4. The molecule has 0 spiro atoms. The quantitative estimate of drug-likeness (QED) is 0.667. The molecule has 3 aromatic rings. The Bertz CT molecular complexity index is 845. The summed E-state index contributed by atoms with van der Waals surface area (Å²) in [5.74, 6) is 1.83. The minimum Gasteiger partial charge on any atom is -0.480 e. The second-order valence-corrected chi connectivity index (χ2v) is 5.78. The number of rotatable bonds is 7. The van der Waals surface area contributed by atoms with Gasteiger partial charge >= 0.3 is 5.97 Å². The van der Waals surface area contributed by atoms with Crippen molar-refractivity contribution in [1.29, 1.82) is 0 Å². The molecule has 3 aromatic carbocycles. The monoisotopic (exact) mass is 349 g/mol. The van der Waals surface area contributed by atoms with Crippen molar-refractivity contribution in [3.8, 4) is 23.0 Å². The maximum absolute atomic E-state index is 10.8. The summed E-state index contributed by atoms with van der Waals surface area (Å²) in [4.78, 5) is 10.8. The van der Waals surface area contributed by atoms with Gasteiger partial charge in [-0.1, -0.05) is 30.3 Å². The third-order valence-electron chi connectivity index (χ3n) is 3.73. The van der Waals surface area contributed by atoms with Crippen molar-refractivity contribution >= 4 is 5.97 Å². The second kappa shape index (κ2) is 8.18. The van der Waals surface area contributed by atoms with Crippen LogP contribution in [0.2, 0.25) is 0 Å². The molecule has 3 N–H and O–H groups in total. The van der Waals surface area contributed by atoms with Crippen LogP contribution in [0.3, 0.4) is 0 Å². The topological polar surface area (TPSA) is 81.8 Å². The van der Waals surface area contributed by atoms with Gasteiger partial charge in [0.05, 0.1) is 0 Å². The fraction of sp³-hybridized carbons (Fsp3) is 0.0952.